The van der Waals surface area contributed by atoms with Gasteiger partial charge in [-0.2, -0.15) is 4.58 Å². The molecule has 5 rings (SSSR count). The monoisotopic (exact) mass is 335 g/mol. The van der Waals surface area contributed by atoms with Crippen LogP contribution >= 0.6 is 0 Å². The van der Waals surface area contributed by atoms with Gasteiger partial charge in [0, 0.05) is 17.4 Å². The van der Waals surface area contributed by atoms with E-state index in [4.69, 9.17) is 4.99 Å². The molecule has 0 unspecified atom stereocenters. The zero-order valence-corrected chi connectivity index (χ0v) is 14.9. The second-order valence-corrected chi connectivity index (χ2v) is 6.79. The quantitative estimate of drug-likeness (QED) is 0.601. The highest BCUT2D eigenvalue weighted by Gasteiger charge is 2.23. The number of hydrogen-bond donors (Lipinski definition) is 0. The molecule has 0 fully saturated rings. The molecule has 0 N–H and O–H groups in total. The topological polar surface area (TPSA) is 15.4 Å². The van der Waals surface area contributed by atoms with Crippen LogP contribution in [0.3, 0.4) is 0 Å². The zero-order chi connectivity index (χ0) is 17.7. The molecule has 2 aliphatic rings. The molecule has 2 nitrogen and oxygen atoms in total. The summed E-state index contributed by atoms with van der Waals surface area (Å²) in [4.78, 5) is 5.01. The molecule has 0 saturated heterocycles. The fraction of sp³-hybridized carbons (Fsp3) is 0.0833. The molecule has 1 aliphatic heterocycles. The van der Waals surface area contributed by atoms with Crippen LogP contribution in [0.5, 0.6) is 0 Å². The van der Waals surface area contributed by atoms with Crippen molar-refractivity contribution in [1.29, 1.82) is 0 Å². The number of fused-ring (bicyclic) bond motifs is 1. The van der Waals surface area contributed by atoms with Crippen LogP contribution in [0.15, 0.2) is 77.8 Å². The van der Waals surface area contributed by atoms with E-state index >= 15 is 0 Å². The predicted molar refractivity (Wildman–Crippen MR) is 106 cm³/mol. The van der Waals surface area contributed by atoms with Crippen LogP contribution in [-0.4, -0.2) is 10.4 Å². The second kappa shape index (κ2) is 5.63. The van der Waals surface area contributed by atoms with Gasteiger partial charge < -0.3 is 0 Å². The van der Waals surface area contributed by atoms with Gasteiger partial charge in [0.15, 0.2) is 5.36 Å². The van der Waals surface area contributed by atoms with Crippen molar-refractivity contribution in [2.75, 3.05) is 0 Å². The first-order valence-corrected chi connectivity index (χ1v) is 8.93. The minimum Gasteiger partial charge on any atom is -0.193 e. The minimum atomic E-state index is 0.980. The molecule has 0 amide bonds. The summed E-state index contributed by atoms with van der Waals surface area (Å²) in [6, 6.07) is 23.4. The third-order valence-electron chi connectivity index (χ3n) is 5.17. The Morgan fingerprint density at radius 1 is 0.731 bits per heavy atom. The van der Waals surface area contributed by atoms with E-state index in [9.17, 15) is 0 Å². The van der Waals surface area contributed by atoms with E-state index in [0.29, 0.717) is 0 Å². The number of rotatable bonds is 1. The molecule has 0 radical (unpaired) electrons. The third kappa shape index (κ3) is 2.12. The Hall–Kier alpha value is -3.26. The number of amidine groups is 1. The molecule has 0 bridgehead atoms. The van der Waals surface area contributed by atoms with Gasteiger partial charge in [-0.15, -0.1) is 0 Å². The van der Waals surface area contributed by atoms with E-state index in [1.165, 1.54) is 38.2 Å². The first-order valence-electron chi connectivity index (χ1n) is 8.93. The highest BCUT2D eigenvalue weighted by Crippen LogP contribution is 2.25. The van der Waals surface area contributed by atoms with E-state index in [1.54, 1.807) is 0 Å². The van der Waals surface area contributed by atoms with Crippen molar-refractivity contribution < 1.29 is 4.58 Å². The van der Waals surface area contributed by atoms with Crippen LogP contribution in [0.2, 0.25) is 0 Å². The van der Waals surface area contributed by atoms with Crippen LogP contribution in [0.4, 0.5) is 5.69 Å². The lowest BCUT2D eigenvalue weighted by Crippen LogP contribution is -2.24. The molecule has 0 spiro atoms. The van der Waals surface area contributed by atoms with Crippen LogP contribution < -0.4 is 10.6 Å². The molecule has 0 aromatic heterocycles. The van der Waals surface area contributed by atoms with Gasteiger partial charge in [0.1, 0.15) is 11.4 Å². The number of hydrogen-bond acceptors (Lipinski definition) is 1. The highest BCUT2D eigenvalue weighted by atomic mass is 15.1. The molecule has 2 heteroatoms. The van der Waals surface area contributed by atoms with Gasteiger partial charge in [0.2, 0.25) is 0 Å². The van der Waals surface area contributed by atoms with Gasteiger partial charge in [-0.1, -0.05) is 48.5 Å². The number of benzene rings is 3. The first-order chi connectivity index (χ1) is 12.7. The maximum Gasteiger partial charge on any atom is 0.301 e. The molecule has 124 valence electrons. The maximum atomic E-state index is 5.01. The molecular formula is C24H19N2+. The Morgan fingerprint density at radius 2 is 1.50 bits per heavy atom. The first kappa shape index (κ1) is 15.0. The molecule has 26 heavy (non-hydrogen) atoms. The summed E-state index contributed by atoms with van der Waals surface area (Å²) in [6.07, 6.45) is 4.42. The van der Waals surface area contributed by atoms with Gasteiger partial charge in [-0.05, 0) is 58.6 Å². The highest BCUT2D eigenvalue weighted by molar-refractivity contribution is 5.83. The van der Waals surface area contributed by atoms with Crippen LogP contribution in [0.1, 0.15) is 18.1 Å². The fourth-order valence-electron chi connectivity index (χ4n) is 3.97. The molecule has 0 saturated carbocycles. The van der Waals surface area contributed by atoms with E-state index in [-0.39, 0.29) is 0 Å². The summed E-state index contributed by atoms with van der Waals surface area (Å²) in [5.41, 5.74) is 4.87. The van der Waals surface area contributed by atoms with Crippen molar-refractivity contribution in [2.45, 2.75) is 13.8 Å². The average Bonchev–Trinajstić information content (AvgIpc) is 3.07. The van der Waals surface area contributed by atoms with Crippen molar-refractivity contribution in [1.82, 2.24) is 0 Å². The van der Waals surface area contributed by atoms with E-state index in [1.807, 2.05) is 0 Å². The number of nitrogens with zero attached hydrogens (tertiary/aromatic N) is 2. The summed E-state index contributed by atoms with van der Waals surface area (Å²) >= 11 is 0. The summed E-state index contributed by atoms with van der Waals surface area (Å²) in [5, 5.41) is 4.74. The standard InChI is InChI=1S/C24H19N2/c1-16-8-3-6-13-22(16)26-17(2)25-21-12-5-4-10-19(21)20-11-7-9-18-14-15-23(26)24(18)20/h3-15H,1-2H3/q+1/b20-19-. The van der Waals surface area contributed by atoms with Gasteiger partial charge >= 0.3 is 5.84 Å². The van der Waals surface area contributed by atoms with Crippen LogP contribution in [0, 0.1) is 17.4 Å². The average molecular weight is 335 g/mol. The predicted octanol–water partition coefficient (Wildman–Crippen LogP) is 3.81. The number of para-hydroxylation sites is 2. The van der Waals surface area contributed by atoms with Crippen molar-refractivity contribution in [3.05, 3.63) is 105 Å². The van der Waals surface area contributed by atoms with Crippen LogP contribution in [0.25, 0.3) is 11.8 Å². The van der Waals surface area contributed by atoms with Gasteiger partial charge in [-0.3, -0.25) is 0 Å². The lowest BCUT2D eigenvalue weighted by Gasteiger charge is -2.11. The van der Waals surface area contributed by atoms with Crippen molar-refractivity contribution in [3.8, 4) is 0 Å². The summed E-state index contributed by atoms with van der Waals surface area (Å²) in [7, 11) is 0. The SMILES string of the molecule is CC1=[N+](c2ccccc2C)C2=c3c(ccc/c3=c3\ccccc3=N1)C=C2. The summed E-state index contributed by atoms with van der Waals surface area (Å²) < 4.78 is 2.29. The molecule has 1 aliphatic carbocycles. The lowest BCUT2D eigenvalue weighted by atomic mass is 10.1. The normalized spacial score (nSPS) is 15.8. The Bertz CT molecular complexity index is 1340. The Kier molecular flexibility index (Phi) is 3.26. The Morgan fingerprint density at radius 3 is 2.38 bits per heavy atom. The van der Waals surface area contributed by atoms with Crippen molar-refractivity contribution in [3.63, 3.8) is 0 Å². The lowest BCUT2D eigenvalue weighted by molar-refractivity contribution is -0.334. The van der Waals surface area contributed by atoms with E-state index in [2.05, 4.69) is 97.3 Å². The smallest absolute Gasteiger partial charge is 0.193 e. The summed E-state index contributed by atoms with van der Waals surface area (Å²) in [5.74, 6) is 0.980. The Labute approximate surface area is 152 Å². The van der Waals surface area contributed by atoms with Crippen molar-refractivity contribution >= 4 is 23.3 Å². The minimum absolute atomic E-state index is 0.980. The Balaban J connectivity index is 2.08. The molecular weight excluding hydrogens is 316 g/mol. The largest absolute Gasteiger partial charge is 0.301 e. The molecule has 3 aromatic carbocycles. The molecule has 1 heterocycles. The third-order valence-corrected chi connectivity index (χ3v) is 5.17. The number of aryl methyl sites for hydroxylation is 1. The fourth-order valence-corrected chi connectivity index (χ4v) is 3.97. The van der Waals surface area contributed by atoms with Crippen molar-refractivity contribution in [2.24, 2.45) is 4.99 Å². The van der Waals surface area contributed by atoms with Gasteiger partial charge in [0.05, 0.1) is 0 Å². The maximum absolute atomic E-state index is 5.01. The van der Waals surface area contributed by atoms with Crippen LogP contribution in [-0.2, 0) is 0 Å². The van der Waals surface area contributed by atoms with E-state index < -0.39 is 0 Å². The summed E-state index contributed by atoms with van der Waals surface area (Å²) in [6.45, 7) is 4.25. The zero-order valence-electron chi connectivity index (χ0n) is 14.9. The van der Waals surface area contributed by atoms with Gasteiger partial charge in [-0.25, -0.2) is 0 Å². The van der Waals surface area contributed by atoms with Gasteiger partial charge in [0.25, 0.3) is 0 Å². The molecule has 3 aromatic rings. The van der Waals surface area contributed by atoms with E-state index in [0.717, 1.165) is 11.2 Å². The molecule has 0 atom stereocenters. The second-order valence-electron chi connectivity index (χ2n) is 6.79.